The summed E-state index contributed by atoms with van der Waals surface area (Å²) in [6.07, 6.45) is 7.82. The third-order valence-corrected chi connectivity index (χ3v) is 5.01. The van der Waals surface area contributed by atoms with Crippen LogP contribution in [-0.2, 0) is 0 Å². The summed E-state index contributed by atoms with van der Waals surface area (Å²) in [5.41, 5.74) is 6.51. The van der Waals surface area contributed by atoms with Crippen molar-refractivity contribution in [1.29, 1.82) is 0 Å². The summed E-state index contributed by atoms with van der Waals surface area (Å²) >= 11 is 0. The summed E-state index contributed by atoms with van der Waals surface area (Å²) in [5.74, 6) is 1.57. The molecule has 0 amide bonds. The molecule has 2 nitrogen and oxygen atoms in total. The van der Waals surface area contributed by atoms with Crippen molar-refractivity contribution in [1.82, 2.24) is 4.90 Å². The van der Waals surface area contributed by atoms with E-state index in [0.717, 1.165) is 24.4 Å². The second-order valence-electron chi connectivity index (χ2n) is 7.11. The average Bonchev–Trinajstić information content (AvgIpc) is 3.21. The largest absolute Gasteiger partial charge is 0.329 e. The van der Waals surface area contributed by atoms with Crippen LogP contribution in [0.15, 0.2) is 0 Å². The minimum atomic E-state index is 0.255. The first-order valence-corrected chi connectivity index (χ1v) is 8.45. The summed E-state index contributed by atoms with van der Waals surface area (Å²) in [4.78, 5) is 2.79. The van der Waals surface area contributed by atoms with Gasteiger partial charge in [-0.15, -0.1) is 0 Å². The number of nitrogens with two attached hydrogens (primary N) is 1. The van der Waals surface area contributed by atoms with Gasteiger partial charge in [-0.05, 0) is 50.5 Å². The SMILES string of the molecule is CCC(C)CC(CC)(CN)N(CCC(C)C)C1CC1. The predicted octanol–water partition coefficient (Wildman–Crippen LogP) is 4.04. The van der Waals surface area contributed by atoms with Crippen LogP contribution in [0.25, 0.3) is 0 Å². The van der Waals surface area contributed by atoms with Gasteiger partial charge in [0.2, 0.25) is 0 Å². The van der Waals surface area contributed by atoms with Crippen LogP contribution >= 0.6 is 0 Å². The van der Waals surface area contributed by atoms with E-state index in [-0.39, 0.29) is 5.54 Å². The van der Waals surface area contributed by atoms with Gasteiger partial charge >= 0.3 is 0 Å². The highest BCUT2D eigenvalue weighted by Gasteiger charge is 2.42. The molecule has 1 aliphatic carbocycles. The lowest BCUT2D eigenvalue weighted by Crippen LogP contribution is -2.55. The third kappa shape index (κ3) is 4.75. The maximum atomic E-state index is 6.25. The third-order valence-electron chi connectivity index (χ3n) is 5.01. The molecule has 1 saturated carbocycles. The Balaban J connectivity index is 2.78. The molecule has 2 heteroatoms. The molecule has 1 aliphatic rings. The quantitative estimate of drug-likeness (QED) is 0.648. The van der Waals surface area contributed by atoms with Crippen LogP contribution in [0.3, 0.4) is 0 Å². The monoisotopic (exact) mass is 268 g/mol. The van der Waals surface area contributed by atoms with E-state index in [9.17, 15) is 0 Å². The lowest BCUT2D eigenvalue weighted by molar-refractivity contribution is 0.0532. The molecule has 0 radical (unpaired) electrons. The highest BCUT2D eigenvalue weighted by molar-refractivity contribution is 4.99. The van der Waals surface area contributed by atoms with Crippen LogP contribution in [0.4, 0.5) is 0 Å². The topological polar surface area (TPSA) is 29.3 Å². The Morgan fingerprint density at radius 2 is 1.84 bits per heavy atom. The van der Waals surface area contributed by atoms with Gasteiger partial charge in [-0.3, -0.25) is 4.90 Å². The van der Waals surface area contributed by atoms with Gasteiger partial charge in [0, 0.05) is 18.1 Å². The number of hydrogen-bond donors (Lipinski definition) is 1. The zero-order chi connectivity index (χ0) is 14.5. The van der Waals surface area contributed by atoms with Crippen molar-refractivity contribution in [2.45, 2.75) is 84.7 Å². The minimum Gasteiger partial charge on any atom is -0.329 e. The van der Waals surface area contributed by atoms with E-state index in [4.69, 9.17) is 5.73 Å². The predicted molar refractivity (Wildman–Crippen MR) is 85.3 cm³/mol. The van der Waals surface area contributed by atoms with Gasteiger partial charge in [0.05, 0.1) is 0 Å². The fourth-order valence-corrected chi connectivity index (χ4v) is 3.19. The number of hydrogen-bond acceptors (Lipinski definition) is 2. The molecule has 114 valence electrons. The fourth-order valence-electron chi connectivity index (χ4n) is 3.19. The van der Waals surface area contributed by atoms with Crippen molar-refractivity contribution in [3.63, 3.8) is 0 Å². The van der Waals surface area contributed by atoms with Crippen molar-refractivity contribution in [3.05, 3.63) is 0 Å². The van der Waals surface area contributed by atoms with Gasteiger partial charge in [-0.1, -0.05) is 41.0 Å². The second-order valence-corrected chi connectivity index (χ2v) is 7.11. The molecule has 0 bridgehead atoms. The molecule has 19 heavy (non-hydrogen) atoms. The van der Waals surface area contributed by atoms with Crippen molar-refractivity contribution in [3.8, 4) is 0 Å². The van der Waals surface area contributed by atoms with Crippen LogP contribution in [0.2, 0.25) is 0 Å². The summed E-state index contributed by atoms with van der Waals surface area (Å²) in [7, 11) is 0. The molecule has 2 N–H and O–H groups in total. The summed E-state index contributed by atoms with van der Waals surface area (Å²) in [5, 5.41) is 0. The second kappa shape index (κ2) is 7.64. The molecule has 2 unspecified atom stereocenters. The van der Waals surface area contributed by atoms with Gasteiger partial charge in [0.1, 0.15) is 0 Å². The average molecular weight is 268 g/mol. The van der Waals surface area contributed by atoms with E-state index in [0.29, 0.717) is 0 Å². The van der Waals surface area contributed by atoms with Crippen molar-refractivity contribution in [2.75, 3.05) is 13.1 Å². The van der Waals surface area contributed by atoms with E-state index in [1.807, 2.05) is 0 Å². The standard InChI is InChI=1S/C17H36N2/c1-6-15(5)12-17(7-2,13-18)19(16-8-9-16)11-10-14(3)4/h14-16H,6-13,18H2,1-5H3. The first kappa shape index (κ1) is 17.0. The van der Waals surface area contributed by atoms with E-state index in [2.05, 4.69) is 39.5 Å². The van der Waals surface area contributed by atoms with E-state index < -0.39 is 0 Å². The highest BCUT2D eigenvalue weighted by Crippen LogP contribution is 2.38. The normalized spacial score (nSPS) is 20.8. The van der Waals surface area contributed by atoms with Crippen molar-refractivity contribution < 1.29 is 0 Å². The summed E-state index contributed by atoms with van der Waals surface area (Å²) < 4.78 is 0. The first-order valence-electron chi connectivity index (χ1n) is 8.45. The Morgan fingerprint density at radius 3 is 2.21 bits per heavy atom. The number of nitrogens with zero attached hydrogens (tertiary/aromatic N) is 1. The van der Waals surface area contributed by atoms with Gasteiger partial charge in [-0.25, -0.2) is 0 Å². The molecule has 0 aromatic carbocycles. The fraction of sp³-hybridized carbons (Fsp3) is 1.00. The van der Waals surface area contributed by atoms with Gasteiger partial charge in [0.15, 0.2) is 0 Å². The van der Waals surface area contributed by atoms with Crippen LogP contribution in [0.5, 0.6) is 0 Å². The maximum absolute atomic E-state index is 6.25. The molecule has 0 saturated heterocycles. The molecular formula is C17H36N2. The molecule has 1 fully saturated rings. The summed E-state index contributed by atoms with van der Waals surface area (Å²) in [6.45, 7) is 13.7. The zero-order valence-electron chi connectivity index (χ0n) is 13.9. The van der Waals surface area contributed by atoms with Gasteiger partial charge < -0.3 is 5.73 Å². The van der Waals surface area contributed by atoms with Crippen molar-refractivity contribution >= 4 is 0 Å². The smallest absolute Gasteiger partial charge is 0.0334 e. The molecule has 0 spiro atoms. The van der Waals surface area contributed by atoms with Crippen LogP contribution in [0.1, 0.15) is 73.1 Å². The maximum Gasteiger partial charge on any atom is 0.0334 e. The van der Waals surface area contributed by atoms with Gasteiger partial charge in [-0.2, -0.15) is 0 Å². The number of rotatable bonds is 10. The van der Waals surface area contributed by atoms with Crippen LogP contribution in [-0.4, -0.2) is 29.6 Å². The Kier molecular flexibility index (Phi) is 6.82. The molecule has 0 aromatic heterocycles. The Morgan fingerprint density at radius 1 is 1.21 bits per heavy atom. The van der Waals surface area contributed by atoms with Crippen LogP contribution < -0.4 is 5.73 Å². The molecule has 0 aromatic rings. The Hall–Kier alpha value is -0.0800. The molecule has 2 atom stereocenters. The first-order chi connectivity index (χ1) is 8.99. The Bertz CT molecular complexity index is 242. The van der Waals surface area contributed by atoms with E-state index in [1.54, 1.807) is 0 Å². The molecule has 0 aliphatic heterocycles. The van der Waals surface area contributed by atoms with E-state index in [1.165, 1.54) is 45.1 Å². The molecule has 0 heterocycles. The molecule has 1 rings (SSSR count). The van der Waals surface area contributed by atoms with E-state index >= 15 is 0 Å². The Labute approximate surface area is 121 Å². The lowest BCUT2D eigenvalue weighted by atomic mass is 9.82. The lowest BCUT2D eigenvalue weighted by Gasteiger charge is -2.45. The highest BCUT2D eigenvalue weighted by atomic mass is 15.3. The minimum absolute atomic E-state index is 0.255. The zero-order valence-corrected chi connectivity index (χ0v) is 13.9. The summed E-state index contributed by atoms with van der Waals surface area (Å²) in [6, 6.07) is 0.825. The van der Waals surface area contributed by atoms with Crippen molar-refractivity contribution in [2.24, 2.45) is 17.6 Å². The molecular weight excluding hydrogens is 232 g/mol. The van der Waals surface area contributed by atoms with Gasteiger partial charge in [0.25, 0.3) is 0 Å². The van der Waals surface area contributed by atoms with Crippen LogP contribution in [0, 0.1) is 11.8 Å².